The van der Waals surface area contributed by atoms with E-state index in [9.17, 15) is 53.5 Å². The molecule has 0 saturated carbocycles. The maximum Gasteiger partial charge on any atom is 0.452 e. The highest BCUT2D eigenvalue weighted by Gasteiger charge is 2.46. The second kappa shape index (κ2) is 24.8. The highest BCUT2D eigenvalue weighted by Crippen LogP contribution is 2.50. The number of fused-ring (bicyclic) bond motifs is 6. The molecule has 0 N–H and O–H groups in total. The van der Waals surface area contributed by atoms with Gasteiger partial charge in [-0.05, 0) is 62.4 Å². The minimum atomic E-state index is -4.93. The molecule has 4 atom stereocenters. The van der Waals surface area contributed by atoms with Gasteiger partial charge in [0.05, 0.1) is 51.6 Å². The van der Waals surface area contributed by atoms with E-state index in [4.69, 9.17) is 61.1 Å². The van der Waals surface area contributed by atoms with Gasteiger partial charge in [-0.25, -0.2) is 0 Å². The van der Waals surface area contributed by atoms with Crippen molar-refractivity contribution in [2.45, 2.75) is 91.5 Å². The molecule has 0 spiro atoms. The van der Waals surface area contributed by atoms with Gasteiger partial charge >= 0.3 is 37.5 Å². The number of hydrogen-bond acceptors (Lipinski definition) is 14. The number of benzene rings is 4. The Bertz CT molecular complexity index is 2800. The van der Waals surface area contributed by atoms with Crippen molar-refractivity contribution in [1.29, 1.82) is 0 Å². The summed E-state index contributed by atoms with van der Waals surface area (Å²) < 4.78 is 181. The van der Waals surface area contributed by atoms with Crippen LogP contribution in [-0.4, -0.2) is 82.1 Å². The third kappa shape index (κ3) is 12.8. The van der Waals surface area contributed by atoms with E-state index in [0.29, 0.717) is 9.13 Å². The van der Waals surface area contributed by atoms with Gasteiger partial charge in [0, 0.05) is 32.3 Å². The van der Waals surface area contributed by atoms with E-state index >= 15 is 0 Å². The van der Waals surface area contributed by atoms with Crippen molar-refractivity contribution in [2.75, 3.05) is 27.4 Å². The fourth-order valence-electron chi connectivity index (χ4n) is 8.06. The lowest BCUT2D eigenvalue weighted by Gasteiger charge is -2.25. The quantitative estimate of drug-likeness (QED) is 0.0745. The number of carbonyl (C=O) groups excluding carboxylic acids is 2. The molecule has 4 heterocycles. The Kier molecular flexibility index (Phi) is 19.6. The van der Waals surface area contributed by atoms with Gasteiger partial charge in [0.2, 0.25) is 11.6 Å². The maximum atomic E-state index is 14.0. The zero-order valence-electron chi connectivity index (χ0n) is 38.5. The summed E-state index contributed by atoms with van der Waals surface area (Å²) in [5.41, 5.74) is -0.0815. The minimum Gasteiger partial charge on any atom is -0.493 e. The molecule has 0 saturated heterocycles. The van der Waals surface area contributed by atoms with Gasteiger partial charge in [-0.2, -0.15) is 43.9 Å². The van der Waals surface area contributed by atoms with Gasteiger partial charge in [-0.1, -0.05) is 62.3 Å². The lowest BCUT2D eigenvalue weighted by Crippen LogP contribution is -2.18. The molecular formula is C48H46Cl2F10N6O10. The number of nitrogens with zero attached hydrogens (tertiary/aromatic N) is 6. The summed E-state index contributed by atoms with van der Waals surface area (Å²) in [5.74, 6) is -5.97. The maximum absolute atomic E-state index is 14.0. The van der Waals surface area contributed by atoms with E-state index in [0.717, 1.165) is 0 Å². The molecule has 412 valence electrons. The number of alkyl halides is 10. The molecule has 2 aliphatic rings. The molecule has 76 heavy (non-hydrogen) atoms. The number of aromatic nitrogens is 6. The average Bonchev–Trinajstić information content (AvgIpc) is 3.94. The SMILES string of the molecule is C.C.CCOC(=O)C[C@@H]1O[C@@H](c2cccc(OC)c2OC(F)F)c2cc(Cl)ccc2-n2c1nnc2C(F)(F)F.CCOC(=O)C[C@H]1O[C@H](c2cccc(OC)c2OC(F)F)c2cc(Cl)ccc2-n2c1nnc2C(F)(F)F. The summed E-state index contributed by atoms with van der Waals surface area (Å²) in [6, 6.07) is 16.3. The lowest BCUT2D eigenvalue weighted by molar-refractivity contribution is -0.149. The van der Waals surface area contributed by atoms with Crippen LogP contribution in [0.25, 0.3) is 11.4 Å². The van der Waals surface area contributed by atoms with Gasteiger partial charge in [-0.15, -0.1) is 20.4 Å². The lowest BCUT2D eigenvalue weighted by atomic mass is 9.98. The Hall–Kier alpha value is -6.90. The van der Waals surface area contributed by atoms with Crippen LogP contribution in [0.3, 0.4) is 0 Å². The van der Waals surface area contributed by atoms with E-state index in [2.05, 4.69) is 20.4 Å². The Morgan fingerprint density at radius 3 is 1.28 bits per heavy atom. The third-order valence-electron chi connectivity index (χ3n) is 10.8. The summed E-state index contributed by atoms with van der Waals surface area (Å²) in [6.45, 7) is -3.39. The van der Waals surface area contributed by atoms with E-state index in [1.54, 1.807) is 13.8 Å². The van der Waals surface area contributed by atoms with Crippen molar-refractivity contribution in [3.05, 3.63) is 128 Å². The molecule has 2 aromatic heterocycles. The van der Waals surface area contributed by atoms with Crippen molar-refractivity contribution < 1.29 is 91.4 Å². The highest BCUT2D eigenvalue weighted by atomic mass is 35.5. The molecule has 2 aliphatic heterocycles. The summed E-state index contributed by atoms with van der Waals surface area (Å²) in [6.07, 6.45) is -16.5. The second-order valence-corrected chi connectivity index (χ2v) is 16.3. The Morgan fingerprint density at radius 2 is 0.961 bits per heavy atom. The molecular weight excluding hydrogens is 1080 g/mol. The minimum absolute atomic E-state index is 0. The van der Waals surface area contributed by atoms with Crippen molar-refractivity contribution in [3.63, 3.8) is 0 Å². The van der Waals surface area contributed by atoms with E-state index in [-0.39, 0.29) is 94.9 Å². The van der Waals surface area contributed by atoms with Crippen molar-refractivity contribution in [2.24, 2.45) is 0 Å². The molecule has 28 heteroatoms. The average molecular weight is 1130 g/mol. The monoisotopic (exact) mass is 1130 g/mol. The van der Waals surface area contributed by atoms with Crippen LogP contribution in [0, 0.1) is 0 Å². The van der Waals surface area contributed by atoms with Crippen LogP contribution in [0.1, 0.15) is 112 Å². The van der Waals surface area contributed by atoms with Gasteiger partial charge in [0.1, 0.15) is 24.4 Å². The smallest absolute Gasteiger partial charge is 0.452 e. The molecule has 16 nitrogen and oxygen atoms in total. The Balaban J connectivity index is 0.000000274. The Labute approximate surface area is 436 Å². The number of rotatable bonds is 14. The van der Waals surface area contributed by atoms with Gasteiger partial charge in [0.15, 0.2) is 34.6 Å². The number of para-hydroxylation sites is 2. The van der Waals surface area contributed by atoms with Crippen molar-refractivity contribution >= 4 is 35.1 Å². The largest absolute Gasteiger partial charge is 0.493 e. The van der Waals surface area contributed by atoms with Crippen LogP contribution in [0.2, 0.25) is 10.0 Å². The van der Waals surface area contributed by atoms with E-state index < -0.39 is 97.9 Å². The van der Waals surface area contributed by atoms with Crippen LogP contribution >= 0.6 is 23.2 Å². The summed E-state index contributed by atoms with van der Waals surface area (Å²) in [4.78, 5) is 24.7. The first-order valence-corrected chi connectivity index (χ1v) is 22.4. The van der Waals surface area contributed by atoms with Crippen molar-refractivity contribution in [1.82, 2.24) is 29.5 Å². The standard InChI is InChI=1S/2C23H19ClF5N3O5.2CH4/c2*1-3-35-17(33)10-16-20-30-31-21(23(27,28)29)32(20)14-8-7-11(24)9-13(14)18(36-16)12-5-4-6-15(34-2)19(12)37-22(25)26;;/h2*4-9,16,18,22H,3,10H2,1-2H3;2*1H4/t2*16-,18-;;/m10../s1. The Morgan fingerprint density at radius 1 is 0.592 bits per heavy atom. The zero-order valence-corrected chi connectivity index (χ0v) is 40.0. The first kappa shape index (κ1) is 60.0. The molecule has 0 aliphatic carbocycles. The van der Waals surface area contributed by atoms with Crippen LogP contribution in [0.4, 0.5) is 43.9 Å². The van der Waals surface area contributed by atoms with Crippen LogP contribution in [-0.2, 0) is 40.9 Å². The first-order chi connectivity index (χ1) is 35.1. The predicted octanol–water partition coefficient (Wildman–Crippen LogP) is 12.6. The second-order valence-electron chi connectivity index (χ2n) is 15.4. The van der Waals surface area contributed by atoms with Gasteiger partial charge in [-0.3, -0.25) is 18.7 Å². The summed E-state index contributed by atoms with van der Waals surface area (Å²) >= 11 is 12.4. The molecule has 0 unspecified atom stereocenters. The van der Waals surface area contributed by atoms with Crippen molar-refractivity contribution in [3.8, 4) is 34.4 Å². The molecule has 0 radical (unpaired) electrons. The number of hydrogen-bond donors (Lipinski definition) is 0. The van der Waals surface area contributed by atoms with E-state index in [1.165, 1.54) is 87.0 Å². The van der Waals surface area contributed by atoms with Crippen LogP contribution in [0.5, 0.6) is 23.0 Å². The molecule has 6 aromatic rings. The zero-order chi connectivity index (χ0) is 53.8. The summed E-state index contributed by atoms with van der Waals surface area (Å²) in [7, 11) is 2.47. The fourth-order valence-corrected chi connectivity index (χ4v) is 8.42. The van der Waals surface area contributed by atoms with Gasteiger partial charge < -0.3 is 37.9 Å². The molecule has 0 amide bonds. The fraction of sp³-hybridized carbons (Fsp3) is 0.375. The normalized spacial score (nSPS) is 16.7. The number of methoxy groups -OCH3 is 2. The number of ether oxygens (including phenoxy) is 8. The highest BCUT2D eigenvalue weighted by molar-refractivity contribution is 6.31. The molecule has 0 bridgehead atoms. The topological polar surface area (TPSA) is 169 Å². The van der Waals surface area contributed by atoms with Gasteiger partial charge in [0.25, 0.3) is 0 Å². The van der Waals surface area contributed by atoms with Crippen LogP contribution < -0.4 is 18.9 Å². The molecule has 8 rings (SSSR count). The number of carbonyl (C=O) groups is 2. The number of esters is 2. The molecule has 4 aromatic carbocycles. The van der Waals surface area contributed by atoms with E-state index in [1.807, 2.05) is 0 Å². The first-order valence-electron chi connectivity index (χ1n) is 21.6. The number of halogens is 12. The summed E-state index contributed by atoms with van der Waals surface area (Å²) in [5, 5.41) is 14.2. The molecule has 0 fully saturated rings. The predicted molar refractivity (Wildman–Crippen MR) is 249 cm³/mol. The third-order valence-corrected chi connectivity index (χ3v) is 11.3. The van der Waals surface area contributed by atoms with Crippen LogP contribution in [0.15, 0.2) is 72.8 Å².